The van der Waals surface area contributed by atoms with Crippen LogP contribution in [0.3, 0.4) is 0 Å². The zero-order chi connectivity index (χ0) is 13.1. The van der Waals surface area contributed by atoms with E-state index in [-0.39, 0.29) is 0 Å². The van der Waals surface area contributed by atoms with Gasteiger partial charge in [-0.1, -0.05) is 20.4 Å². The molecule has 1 N–H and O–H groups in total. The van der Waals surface area contributed by atoms with Gasteiger partial charge in [0.25, 0.3) is 0 Å². The highest BCUT2D eigenvalue weighted by Crippen LogP contribution is 2.22. The monoisotopic (exact) mass is 222 g/mol. The highest BCUT2D eigenvalue weighted by Gasteiger charge is 2.11. The Kier molecular flexibility index (Phi) is 9.92. The molecule has 0 saturated carbocycles. The third kappa shape index (κ3) is 3.67. The van der Waals surface area contributed by atoms with E-state index in [1.165, 1.54) is 4.68 Å². The summed E-state index contributed by atoms with van der Waals surface area (Å²) in [5.74, 6) is 0. The SMILES string of the molecule is C=Cc1nn(C)c(C#N)c1N=C.CC.CO. The normalized spacial score (nSPS) is 7.50. The Hall–Kier alpha value is -1.93. The van der Waals surface area contributed by atoms with Gasteiger partial charge >= 0.3 is 0 Å². The van der Waals surface area contributed by atoms with Crippen molar-refractivity contribution in [1.29, 1.82) is 5.26 Å². The second kappa shape index (κ2) is 9.62. The Morgan fingerprint density at radius 1 is 1.50 bits per heavy atom. The first-order valence-electron chi connectivity index (χ1n) is 4.75. The van der Waals surface area contributed by atoms with Crippen LogP contribution < -0.4 is 0 Å². The molecule has 5 nitrogen and oxygen atoms in total. The summed E-state index contributed by atoms with van der Waals surface area (Å²) in [4.78, 5) is 3.71. The van der Waals surface area contributed by atoms with Gasteiger partial charge in [-0.2, -0.15) is 10.4 Å². The molecule has 0 radical (unpaired) electrons. The fraction of sp³-hybridized carbons (Fsp3) is 0.364. The molecule has 1 rings (SSSR count). The fourth-order valence-corrected chi connectivity index (χ4v) is 0.952. The molecular formula is C11H18N4O. The Labute approximate surface area is 96.4 Å². The van der Waals surface area contributed by atoms with Crippen molar-refractivity contribution in [2.24, 2.45) is 12.0 Å². The number of hydrogen-bond acceptors (Lipinski definition) is 4. The van der Waals surface area contributed by atoms with Crippen LogP contribution in [0.1, 0.15) is 25.2 Å². The van der Waals surface area contributed by atoms with E-state index in [4.69, 9.17) is 10.4 Å². The number of nitriles is 1. The van der Waals surface area contributed by atoms with Crippen LogP contribution in [0.2, 0.25) is 0 Å². The molecule has 1 aromatic rings. The van der Waals surface area contributed by atoms with E-state index in [1.807, 2.05) is 19.9 Å². The van der Waals surface area contributed by atoms with Crippen LogP contribution in [0.25, 0.3) is 6.08 Å². The van der Waals surface area contributed by atoms with E-state index in [1.54, 1.807) is 13.1 Å². The van der Waals surface area contributed by atoms with Crippen LogP contribution in [0, 0.1) is 11.3 Å². The van der Waals surface area contributed by atoms with E-state index in [9.17, 15) is 0 Å². The first kappa shape index (κ1) is 16.5. The van der Waals surface area contributed by atoms with E-state index < -0.39 is 0 Å². The molecule has 0 aromatic carbocycles. The van der Waals surface area contributed by atoms with Crippen LogP contribution in [-0.2, 0) is 7.05 Å². The Morgan fingerprint density at radius 3 is 2.31 bits per heavy atom. The first-order valence-corrected chi connectivity index (χ1v) is 4.75. The lowest BCUT2D eigenvalue weighted by Crippen LogP contribution is -1.93. The molecule has 0 amide bonds. The van der Waals surface area contributed by atoms with Crippen LogP contribution in [-0.4, -0.2) is 28.7 Å². The lowest BCUT2D eigenvalue weighted by atomic mass is 10.3. The number of rotatable bonds is 2. The van der Waals surface area contributed by atoms with E-state index in [0.717, 1.165) is 7.11 Å². The zero-order valence-corrected chi connectivity index (χ0v) is 10.2. The third-order valence-corrected chi connectivity index (χ3v) is 1.51. The lowest BCUT2D eigenvalue weighted by molar-refractivity contribution is 0.399. The number of aryl methyl sites for hydroxylation is 1. The van der Waals surface area contributed by atoms with Gasteiger partial charge in [0.05, 0.1) is 0 Å². The van der Waals surface area contributed by atoms with Gasteiger partial charge in [0, 0.05) is 14.2 Å². The summed E-state index contributed by atoms with van der Waals surface area (Å²) in [5.41, 5.74) is 1.49. The van der Waals surface area contributed by atoms with Crippen molar-refractivity contribution in [1.82, 2.24) is 9.78 Å². The van der Waals surface area contributed by atoms with E-state index in [0.29, 0.717) is 17.1 Å². The van der Waals surface area contributed by atoms with E-state index >= 15 is 0 Å². The molecule has 0 aliphatic rings. The van der Waals surface area contributed by atoms with Gasteiger partial charge in [-0.25, -0.2) is 0 Å². The number of nitrogens with zero attached hydrogens (tertiary/aromatic N) is 4. The minimum atomic E-state index is 0.403. The van der Waals surface area contributed by atoms with Gasteiger partial charge in [0.2, 0.25) is 0 Å². The van der Waals surface area contributed by atoms with Gasteiger partial charge < -0.3 is 5.11 Å². The standard InChI is InChI=1S/C8H8N4.C2H6.CH4O/c1-4-6-8(10-2)7(5-9)12(3)11-6;2*1-2/h4H,1-2H2,3H3;1-2H3;2H,1H3. The molecule has 0 atom stereocenters. The summed E-state index contributed by atoms with van der Waals surface area (Å²) < 4.78 is 1.46. The van der Waals surface area contributed by atoms with Gasteiger partial charge in [0.1, 0.15) is 17.5 Å². The molecule has 1 aromatic heterocycles. The number of hydrogen-bond donors (Lipinski definition) is 1. The lowest BCUT2D eigenvalue weighted by Gasteiger charge is -1.88. The van der Waals surface area contributed by atoms with Crippen LogP contribution in [0.15, 0.2) is 11.6 Å². The molecule has 0 aliphatic heterocycles. The van der Waals surface area contributed by atoms with Gasteiger partial charge in [0.15, 0.2) is 5.69 Å². The zero-order valence-electron chi connectivity index (χ0n) is 10.2. The van der Waals surface area contributed by atoms with Crippen LogP contribution in [0.5, 0.6) is 0 Å². The van der Waals surface area contributed by atoms with Gasteiger partial charge in [-0.3, -0.25) is 9.67 Å². The molecular weight excluding hydrogens is 204 g/mol. The summed E-state index contributed by atoms with van der Waals surface area (Å²) in [6, 6.07) is 1.99. The number of aromatic nitrogens is 2. The molecule has 16 heavy (non-hydrogen) atoms. The maximum atomic E-state index is 8.71. The average Bonchev–Trinajstić information content (AvgIpc) is 2.69. The van der Waals surface area contributed by atoms with Crippen molar-refractivity contribution >= 4 is 18.5 Å². The van der Waals surface area contributed by atoms with Crippen molar-refractivity contribution in [3.8, 4) is 6.07 Å². The Morgan fingerprint density at radius 2 is 2.00 bits per heavy atom. The topological polar surface area (TPSA) is 74.2 Å². The fourth-order valence-electron chi connectivity index (χ4n) is 0.952. The molecule has 88 valence electrons. The predicted molar refractivity (Wildman–Crippen MR) is 66.7 cm³/mol. The van der Waals surface area contributed by atoms with Gasteiger partial charge in [-0.15, -0.1) is 0 Å². The number of aliphatic hydroxyl groups excluding tert-OH is 1. The Bertz CT molecular complexity index is 374. The van der Waals surface area contributed by atoms with Gasteiger partial charge in [-0.05, 0) is 12.8 Å². The highest BCUT2D eigenvalue weighted by atomic mass is 16.2. The van der Waals surface area contributed by atoms with Crippen molar-refractivity contribution in [2.45, 2.75) is 13.8 Å². The minimum absolute atomic E-state index is 0.403. The predicted octanol–water partition coefficient (Wildman–Crippen LogP) is 1.90. The average molecular weight is 222 g/mol. The van der Waals surface area contributed by atoms with Crippen LogP contribution >= 0.6 is 0 Å². The quantitative estimate of drug-likeness (QED) is 0.776. The molecule has 1 heterocycles. The molecule has 0 spiro atoms. The molecule has 0 saturated heterocycles. The minimum Gasteiger partial charge on any atom is -0.400 e. The summed E-state index contributed by atoms with van der Waals surface area (Å²) in [7, 11) is 2.68. The summed E-state index contributed by atoms with van der Waals surface area (Å²) in [6.07, 6.45) is 1.55. The maximum absolute atomic E-state index is 8.71. The first-order chi connectivity index (χ1) is 7.74. The maximum Gasteiger partial charge on any atom is 0.164 e. The second-order valence-corrected chi connectivity index (χ2v) is 2.18. The van der Waals surface area contributed by atoms with Crippen LogP contribution in [0.4, 0.5) is 5.69 Å². The van der Waals surface area contributed by atoms with Crippen molar-refractivity contribution in [3.05, 3.63) is 18.0 Å². The summed E-state index contributed by atoms with van der Waals surface area (Å²) >= 11 is 0. The summed E-state index contributed by atoms with van der Waals surface area (Å²) in [5, 5.41) is 19.7. The molecule has 5 heteroatoms. The van der Waals surface area contributed by atoms with Crippen molar-refractivity contribution in [3.63, 3.8) is 0 Å². The smallest absolute Gasteiger partial charge is 0.164 e. The summed E-state index contributed by atoms with van der Waals surface area (Å²) in [6.45, 7) is 10.9. The Balaban J connectivity index is 0. The van der Waals surface area contributed by atoms with Crippen molar-refractivity contribution < 1.29 is 5.11 Å². The van der Waals surface area contributed by atoms with E-state index in [2.05, 4.69) is 23.4 Å². The number of aliphatic imine (C=N–C) groups is 1. The highest BCUT2D eigenvalue weighted by molar-refractivity contribution is 5.66. The molecule has 0 unspecified atom stereocenters. The molecule has 0 bridgehead atoms. The largest absolute Gasteiger partial charge is 0.400 e. The van der Waals surface area contributed by atoms with Crippen molar-refractivity contribution in [2.75, 3.05) is 7.11 Å². The molecule has 0 fully saturated rings. The second-order valence-electron chi connectivity index (χ2n) is 2.18. The molecule has 0 aliphatic carbocycles. The number of aliphatic hydroxyl groups is 1. The third-order valence-electron chi connectivity index (χ3n) is 1.51.